The summed E-state index contributed by atoms with van der Waals surface area (Å²) >= 11 is 0. The molecule has 0 aliphatic rings. The van der Waals surface area contributed by atoms with Crippen molar-refractivity contribution in [3.8, 4) is 6.07 Å². The predicted octanol–water partition coefficient (Wildman–Crippen LogP) is 0.516. The SMILES string of the molecule is N#Cc1ccc(C(=O)O)cc1[N+](=O)[O-].[KH]. The van der Waals surface area contributed by atoms with Gasteiger partial charge in [-0.15, -0.1) is 0 Å². The van der Waals surface area contributed by atoms with E-state index in [1.807, 2.05) is 0 Å². The summed E-state index contributed by atoms with van der Waals surface area (Å²) in [6.45, 7) is 0. The van der Waals surface area contributed by atoms with Crippen LogP contribution in [0.25, 0.3) is 0 Å². The van der Waals surface area contributed by atoms with Crippen molar-refractivity contribution in [1.29, 1.82) is 5.26 Å². The maximum atomic E-state index is 10.5. The van der Waals surface area contributed by atoms with Crippen LogP contribution in [0, 0.1) is 21.4 Å². The first kappa shape index (κ1) is 14.2. The monoisotopic (exact) mass is 232 g/mol. The second kappa shape index (κ2) is 5.94. The number of nitrogens with zero attached hydrogens (tertiary/aromatic N) is 2. The van der Waals surface area contributed by atoms with Crippen LogP contribution in [-0.2, 0) is 0 Å². The van der Waals surface area contributed by atoms with Crippen LogP contribution in [0.5, 0.6) is 0 Å². The van der Waals surface area contributed by atoms with Crippen molar-refractivity contribution in [2.24, 2.45) is 0 Å². The van der Waals surface area contributed by atoms with E-state index in [0.29, 0.717) is 0 Å². The van der Waals surface area contributed by atoms with E-state index in [2.05, 4.69) is 0 Å². The average molecular weight is 232 g/mol. The summed E-state index contributed by atoms with van der Waals surface area (Å²) in [7, 11) is 0. The van der Waals surface area contributed by atoms with Crippen molar-refractivity contribution in [1.82, 2.24) is 0 Å². The van der Waals surface area contributed by atoms with Gasteiger partial charge in [0.2, 0.25) is 0 Å². The van der Waals surface area contributed by atoms with Gasteiger partial charge in [0.25, 0.3) is 5.69 Å². The van der Waals surface area contributed by atoms with Gasteiger partial charge in [-0.2, -0.15) is 5.26 Å². The summed E-state index contributed by atoms with van der Waals surface area (Å²) in [4.78, 5) is 20.1. The Morgan fingerprint density at radius 2 is 2.13 bits per heavy atom. The number of hydrogen-bond donors (Lipinski definition) is 1. The molecule has 0 aliphatic heterocycles. The molecule has 1 rings (SSSR count). The molecule has 72 valence electrons. The van der Waals surface area contributed by atoms with Crippen LogP contribution in [0.4, 0.5) is 5.69 Å². The van der Waals surface area contributed by atoms with Crippen LogP contribution >= 0.6 is 0 Å². The Morgan fingerprint density at radius 1 is 1.53 bits per heavy atom. The Kier molecular flexibility index (Phi) is 5.63. The van der Waals surface area contributed by atoms with Crippen molar-refractivity contribution in [2.45, 2.75) is 0 Å². The number of nitro groups is 1. The van der Waals surface area contributed by atoms with E-state index in [9.17, 15) is 14.9 Å². The van der Waals surface area contributed by atoms with Crippen molar-refractivity contribution in [3.05, 3.63) is 39.4 Å². The zero-order valence-electron chi connectivity index (χ0n) is 6.80. The first-order valence-corrected chi connectivity index (χ1v) is 3.48. The predicted molar refractivity (Wildman–Crippen MR) is 51.9 cm³/mol. The van der Waals surface area contributed by atoms with Crippen LogP contribution in [0.3, 0.4) is 0 Å². The summed E-state index contributed by atoms with van der Waals surface area (Å²) < 4.78 is 0. The van der Waals surface area contributed by atoms with E-state index in [0.717, 1.165) is 18.2 Å². The van der Waals surface area contributed by atoms with Gasteiger partial charge in [-0.3, -0.25) is 10.1 Å². The number of carboxylic acids is 1. The van der Waals surface area contributed by atoms with E-state index in [-0.39, 0.29) is 62.5 Å². The number of nitro benzene ring substituents is 1. The molecule has 0 radical (unpaired) electrons. The number of rotatable bonds is 2. The van der Waals surface area contributed by atoms with Gasteiger partial charge in [0.15, 0.2) is 0 Å². The third-order valence-corrected chi connectivity index (χ3v) is 1.56. The Balaban J connectivity index is 0.00000196. The summed E-state index contributed by atoms with van der Waals surface area (Å²) in [5.74, 6) is -1.27. The fourth-order valence-corrected chi connectivity index (χ4v) is 0.910. The molecule has 7 heteroatoms. The molecule has 6 nitrogen and oxygen atoms in total. The van der Waals surface area contributed by atoms with Gasteiger partial charge in [0.1, 0.15) is 11.6 Å². The Morgan fingerprint density at radius 3 is 2.53 bits per heavy atom. The molecule has 0 bridgehead atoms. The number of hydrogen-bond acceptors (Lipinski definition) is 4. The van der Waals surface area contributed by atoms with E-state index in [1.54, 1.807) is 6.07 Å². The average Bonchev–Trinajstić information content (AvgIpc) is 2.16. The van der Waals surface area contributed by atoms with Gasteiger partial charge >= 0.3 is 57.4 Å². The van der Waals surface area contributed by atoms with Crippen molar-refractivity contribution >= 4 is 63.0 Å². The topological polar surface area (TPSA) is 104 Å². The fourth-order valence-electron chi connectivity index (χ4n) is 0.910. The molecule has 0 atom stereocenters. The van der Waals surface area contributed by atoms with E-state index >= 15 is 0 Å². The molecular weight excluding hydrogens is 227 g/mol. The molecule has 0 unspecified atom stereocenters. The molecule has 1 N–H and O–H groups in total. The van der Waals surface area contributed by atoms with Crippen molar-refractivity contribution in [3.63, 3.8) is 0 Å². The van der Waals surface area contributed by atoms with Gasteiger partial charge in [-0.25, -0.2) is 4.79 Å². The molecule has 15 heavy (non-hydrogen) atoms. The third-order valence-electron chi connectivity index (χ3n) is 1.56. The molecule has 0 spiro atoms. The Bertz CT molecular complexity index is 452. The van der Waals surface area contributed by atoms with Crippen molar-refractivity contribution < 1.29 is 14.8 Å². The zero-order valence-corrected chi connectivity index (χ0v) is 6.80. The van der Waals surface area contributed by atoms with E-state index in [1.165, 1.54) is 0 Å². The van der Waals surface area contributed by atoms with Crippen molar-refractivity contribution in [2.75, 3.05) is 0 Å². The molecule has 0 saturated heterocycles. The van der Waals surface area contributed by atoms with Gasteiger partial charge < -0.3 is 5.11 Å². The first-order chi connectivity index (χ1) is 6.56. The molecule has 0 saturated carbocycles. The third kappa shape index (κ3) is 3.37. The minimum atomic E-state index is -1.27. The molecule has 0 fully saturated rings. The molecule has 1 aromatic rings. The molecule has 0 heterocycles. The van der Waals surface area contributed by atoms with Crippen LogP contribution in [0.1, 0.15) is 15.9 Å². The molecule has 0 amide bonds. The first-order valence-electron chi connectivity index (χ1n) is 3.48. The molecule has 0 aromatic heterocycles. The van der Waals surface area contributed by atoms with Crippen LogP contribution in [0.15, 0.2) is 18.2 Å². The van der Waals surface area contributed by atoms with Gasteiger partial charge in [-0.05, 0) is 12.1 Å². The van der Waals surface area contributed by atoms with Crippen LogP contribution in [0.2, 0.25) is 0 Å². The standard InChI is InChI=1S/C8H4N2O4.K.H/c9-4-6-2-1-5(8(11)12)3-7(6)10(13)14;;/h1-3H,(H,11,12);;. The Labute approximate surface area is 127 Å². The Hall–Kier alpha value is -0.784. The molecule has 0 aliphatic carbocycles. The molecular formula is C8H5KN2O4. The summed E-state index contributed by atoms with van der Waals surface area (Å²) in [6.07, 6.45) is 0. The van der Waals surface area contributed by atoms with E-state index < -0.39 is 16.6 Å². The van der Waals surface area contributed by atoms with Gasteiger partial charge in [-0.1, -0.05) is 0 Å². The van der Waals surface area contributed by atoms with Crippen LogP contribution in [-0.4, -0.2) is 67.4 Å². The summed E-state index contributed by atoms with van der Waals surface area (Å²) in [5.41, 5.74) is -0.858. The second-order valence-corrected chi connectivity index (χ2v) is 2.41. The quantitative estimate of drug-likeness (QED) is 0.454. The van der Waals surface area contributed by atoms with E-state index in [4.69, 9.17) is 10.4 Å². The number of benzene rings is 1. The zero-order chi connectivity index (χ0) is 10.7. The number of carbonyl (C=O) groups is 1. The minimum absolute atomic E-state index is 0. The van der Waals surface area contributed by atoms with Gasteiger partial charge in [0, 0.05) is 6.07 Å². The maximum absolute atomic E-state index is 10.5. The normalized spacial score (nSPS) is 8.47. The summed E-state index contributed by atoms with van der Waals surface area (Å²) in [5, 5.41) is 27.5. The number of nitriles is 1. The number of aromatic carboxylic acids is 1. The number of carboxylic acid groups (broad SMARTS) is 1. The fraction of sp³-hybridized carbons (Fsp3) is 0. The second-order valence-electron chi connectivity index (χ2n) is 2.41. The molecule has 1 aromatic carbocycles. The summed E-state index contributed by atoms with van der Waals surface area (Å²) in [6, 6.07) is 4.73. The van der Waals surface area contributed by atoms with Crippen LogP contribution < -0.4 is 0 Å². The van der Waals surface area contributed by atoms with Gasteiger partial charge in [0.05, 0.1) is 10.5 Å².